The van der Waals surface area contributed by atoms with Crippen LogP contribution in [0.5, 0.6) is 0 Å². The van der Waals surface area contributed by atoms with E-state index in [4.69, 9.17) is 11.6 Å². The lowest BCUT2D eigenvalue weighted by Gasteiger charge is -2.08. The van der Waals surface area contributed by atoms with Gasteiger partial charge in [-0.25, -0.2) is 27.3 Å². The SMILES string of the molecule is NS(=O)(=O)c1c(Cl)ncc([N+](=O)[O-])c1C(F)F. The fourth-order valence-electron chi connectivity index (χ4n) is 1.10. The number of nitrogens with two attached hydrogens (primary N) is 1. The zero-order valence-corrected chi connectivity index (χ0v) is 9.37. The molecule has 7 nitrogen and oxygen atoms in total. The molecule has 1 aromatic heterocycles. The molecule has 0 aromatic carbocycles. The summed E-state index contributed by atoms with van der Waals surface area (Å²) in [4.78, 5) is 11.2. The van der Waals surface area contributed by atoms with Crippen molar-refractivity contribution in [3.63, 3.8) is 0 Å². The first-order valence-corrected chi connectivity index (χ1v) is 5.72. The Balaban J connectivity index is 3.80. The van der Waals surface area contributed by atoms with Gasteiger partial charge in [0.05, 0.1) is 4.92 Å². The minimum absolute atomic E-state index is 0.443. The topological polar surface area (TPSA) is 116 Å². The van der Waals surface area contributed by atoms with E-state index in [9.17, 15) is 27.3 Å². The Kier molecular flexibility index (Phi) is 3.59. The van der Waals surface area contributed by atoms with Crippen molar-refractivity contribution in [2.45, 2.75) is 11.3 Å². The Morgan fingerprint density at radius 1 is 1.53 bits per heavy atom. The minimum atomic E-state index is -4.64. The van der Waals surface area contributed by atoms with E-state index in [-0.39, 0.29) is 0 Å². The third kappa shape index (κ3) is 2.65. The number of nitrogens with zero attached hydrogens (tertiary/aromatic N) is 2. The molecule has 0 unspecified atom stereocenters. The molecule has 0 spiro atoms. The average molecular weight is 288 g/mol. The van der Waals surface area contributed by atoms with Crippen LogP contribution in [0.15, 0.2) is 11.1 Å². The molecule has 0 aliphatic carbocycles. The molecule has 0 bridgehead atoms. The van der Waals surface area contributed by atoms with Gasteiger partial charge in [-0.1, -0.05) is 11.6 Å². The van der Waals surface area contributed by atoms with E-state index < -0.39 is 42.7 Å². The van der Waals surface area contributed by atoms with Crippen molar-refractivity contribution >= 4 is 27.3 Å². The molecule has 0 aliphatic heterocycles. The Hall–Kier alpha value is -1.39. The molecule has 2 N–H and O–H groups in total. The number of alkyl halides is 2. The third-order valence-corrected chi connectivity index (χ3v) is 3.09. The molecule has 0 radical (unpaired) electrons. The maximum atomic E-state index is 12.6. The van der Waals surface area contributed by atoms with Crippen molar-refractivity contribution in [2.75, 3.05) is 0 Å². The Morgan fingerprint density at radius 2 is 2.06 bits per heavy atom. The van der Waals surface area contributed by atoms with Crippen LogP contribution in [-0.4, -0.2) is 18.3 Å². The van der Waals surface area contributed by atoms with Crippen molar-refractivity contribution in [3.05, 3.63) is 27.0 Å². The molecule has 0 saturated carbocycles. The van der Waals surface area contributed by atoms with Gasteiger partial charge < -0.3 is 0 Å². The first kappa shape index (κ1) is 13.7. The Morgan fingerprint density at radius 3 is 2.41 bits per heavy atom. The first-order valence-electron chi connectivity index (χ1n) is 3.80. The van der Waals surface area contributed by atoms with E-state index in [0.29, 0.717) is 6.20 Å². The number of sulfonamides is 1. The normalized spacial score (nSPS) is 11.8. The summed E-state index contributed by atoms with van der Waals surface area (Å²) in [5, 5.41) is 14.3. The van der Waals surface area contributed by atoms with Crippen LogP contribution >= 0.6 is 11.6 Å². The summed E-state index contributed by atoms with van der Waals surface area (Å²) in [6, 6.07) is 0. The second-order valence-electron chi connectivity index (χ2n) is 2.78. The van der Waals surface area contributed by atoms with Crippen molar-refractivity contribution in [1.82, 2.24) is 4.98 Å². The number of halogens is 3. The lowest BCUT2D eigenvalue weighted by molar-refractivity contribution is -0.386. The fourth-order valence-corrected chi connectivity index (χ4v) is 2.36. The second-order valence-corrected chi connectivity index (χ2v) is 4.64. The van der Waals surface area contributed by atoms with Gasteiger partial charge in [-0.2, -0.15) is 0 Å². The molecule has 0 saturated heterocycles. The number of rotatable bonds is 3. The summed E-state index contributed by atoms with van der Waals surface area (Å²) < 4.78 is 47.4. The Bertz CT molecular complexity index is 577. The Labute approximate surface area is 98.4 Å². The van der Waals surface area contributed by atoms with Crippen molar-refractivity contribution in [1.29, 1.82) is 0 Å². The average Bonchev–Trinajstić information content (AvgIpc) is 2.14. The lowest BCUT2D eigenvalue weighted by Crippen LogP contribution is -2.17. The first-order chi connectivity index (χ1) is 7.66. The zero-order chi connectivity index (χ0) is 13.4. The van der Waals surface area contributed by atoms with E-state index in [1.54, 1.807) is 0 Å². The van der Waals surface area contributed by atoms with Crippen molar-refractivity contribution < 1.29 is 22.1 Å². The quantitative estimate of drug-likeness (QED) is 0.510. The van der Waals surface area contributed by atoms with E-state index in [2.05, 4.69) is 10.1 Å². The van der Waals surface area contributed by atoms with Crippen LogP contribution in [-0.2, 0) is 10.0 Å². The molecule has 1 rings (SSSR count). The van der Waals surface area contributed by atoms with Gasteiger partial charge in [0.15, 0.2) is 0 Å². The summed E-state index contributed by atoms with van der Waals surface area (Å²) in [5.74, 6) is 0. The number of primary sulfonamides is 1. The molecule has 1 heterocycles. The van der Waals surface area contributed by atoms with Gasteiger partial charge in [0.1, 0.15) is 21.8 Å². The highest BCUT2D eigenvalue weighted by atomic mass is 35.5. The predicted octanol–water partition coefficient (Wildman–Crippen LogP) is 1.23. The minimum Gasteiger partial charge on any atom is -0.258 e. The number of hydrogen-bond donors (Lipinski definition) is 1. The van der Waals surface area contributed by atoms with Crippen LogP contribution in [0, 0.1) is 10.1 Å². The van der Waals surface area contributed by atoms with Crippen molar-refractivity contribution in [2.24, 2.45) is 5.14 Å². The zero-order valence-electron chi connectivity index (χ0n) is 7.80. The maximum absolute atomic E-state index is 12.6. The van der Waals surface area contributed by atoms with Gasteiger partial charge in [0.2, 0.25) is 10.0 Å². The summed E-state index contributed by atoms with van der Waals surface area (Å²) in [5.41, 5.74) is -2.52. The standard InChI is InChI=1S/C6H4ClF2N3O4S/c7-5-4(17(10,15)16)3(6(8)9)2(1-11-5)12(13)14/h1,6H,(H2,10,15,16). The van der Waals surface area contributed by atoms with Gasteiger partial charge >= 0.3 is 0 Å². The predicted molar refractivity (Wildman–Crippen MR) is 52.2 cm³/mol. The number of pyridine rings is 1. The van der Waals surface area contributed by atoms with Gasteiger partial charge in [-0.15, -0.1) is 0 Å². The highest BCUT2D eigenvalue weighted by Gasteiger charge is 2.33. The molecular weight excluding hydrogens is 284 g/mol. The number of nitro groups is 1. The van der Waals surface area contributed by atoms with Crippen LogP contribution in [0.25, 0.3) is 0 Å². The summed E-state index contributed by atoms with van der Waals surface area (Å²) in [7, 11) is -4.64. The number of aromatic nitrogens is 1. The fraction of sp³-hybridized carbons (Fsp3) is 0.167. The van der Waals surface area contributed by atoms with Gasteiger partial charge in [-0.05, 0) is 0 Å². The van der Waals surface area contributed by atoms with Crippen LogP contribution in [0.3, 0.4) is 0 Å². The monoisotopic (exact) mass is 287 g/mol. The summed E-state index contributed by atoms with van der Waals surface area (Å²) in [6.45, 7) is 0. The van der Waals surface area contributed by atoms with Crippen molar-refractivity contribution in [3.8, 4) is 0 Å². The molecular formula is C6H4ClF2N3O4S. The van der Waals surface area contributed by atoms with Gasteiger partial charge in [-0.3, -0.25) is 10.1 Å². The van der Waals surface area contributed by atoms with E-state index in [0.717, 1.165) is 0 Å². The lowest BCUT2D eigenvalue weighted by atomic mass is 10.2. The smallest absolute Gasteiger partial charge is 0.258 e. The van der Waals surface area contributed by atoms with E-state index in [1.807, 2.05) is 0 Å². The second kappa shape index (κ2) is 4.47. The van der Waals surface area contributed by atoms with Crippen LogP contribution in [0.4, 0.5) is 14.5 Å². The largest absolute Gasteiger partial charge is 0.297 e. The molecule has 0 amide bonds. The van der Waals surface area contributed by atoms with Gasteiger partial charge in [0, 0.05) is 0 Å². The molecule has 0 aliphatic rings. The third-order valence-electron chi connectivity index (χ3n) is 1.71. The number of hydrogen-bond acceptors (Lipinski definition) is 5. The van der Waals surface area contributed by atoms with E-state index >= 15 is 0 Å². The summed E-state index contributed by atoms with van der Waals surface area (Å²) in [6.07, 6.45) is -2.98. The molecule has 17 heavy (non-hydrogen) atoms. The van der Waals surface area contributed by atoms with Crippen LogP contribution < -0.4 is 5.14 Å². The maximum Gasteiger partial charge on any atom is 0.297 e. The molecule has 0 atom stereocenters. The molecule has 1 aromatic rings. The summed E-state index contributed by atoms with van der Waals surface area (Å²) >= 11 is 5.31. The van der Waals surface area contributed by atoms with Crippen LogP contribution in [0.2, 0.25) is 5.15 Å². The molecule has 11 heteroatoms. The van der Waals surface area contributed by atoms with E-state index in [1.165, 1.54) is 0 Å². The van der Waals surface area contributed by atoms with Crippen LogP contribution in [0.1, 0.15) is 12.0 Å². The molecule has 0 fully saturated rings. The highest BCUT2D eigenvalue weighted by molar-refractivity contribution is 7.89. The van der Waals surface area contributed by atoms with Gasteiger partial charge in [0.25, 0.3) is 12.1 Å². The highest BCUT2D eigenvalue weighted by Crippen LogP contribution is 2.36. The molecule has 94 valence electrons.